The zero-order chi connectivity index (χ0) is 14.9. The van der Waals surface area contributed by atoms with Crippen molar-refractivity contribution in [3.05, 3.63) is 32.6 Å². The summed E-state index contributed by atoms with van der Waals surface area (Å²) in [5, 5.41) is 14.1. The normalized spacial score (nSPS) is 10.6. The van der Waals surface area contributed by atoms with E-state index < -0.39 is 5.97 Å². The Morgan fingerprint density at radius 2 is 2.10 bits per heavy atom. The Hall–Kier alpha value is -1.73. The molecule has 2 rings (SSSR count). The molecule has 2 N–H and O–H groups in total. The molecule has 20 heavy (non-hydrogen) atoms. The highest BCUT2D eigenvalue weighted by Gasteiger charge is 2.22. The van der Waals surface area contributed by atoms with Crippen LogP contribution >= 0.6 is 22.9 Å². The lowest BCUT2D eigenvalue weighted by Gasteiger charge is -2.04. The van der Waals surface area contributed by atoms with E-state index in [2.05, 4.69) is 9.69 Å². The zero-order valence-corrected chi connectivity index (χ0v) is 12.9. The first-order chi connectivity index (χ1) is 9.45. The molecule has 0 bridgehead atoms. The fraction of sp³-hybridized carbons (Fsp3) is 0.308. The lowest BCUT2D eigenvalue weighted by molar-refractivity contribution is 0.0697. The number of aryl methyl sites for hydroxylation is 2. The Bertz CT molecular complexity index is 673. The first-order valence-electron chi connectivity index (χ1n) is 6.03. The third-order valence-corrected chi connectivity index (χ3v) is 4.78. The molecule has 0 unspecified atom stereocenters. The average Bonchev–Trinajstić information content (AvgIpc) is 2.92. The van der Waals surface area contributed by atoms with Crippen molar-refractivity contribution < 1.29 is 14.7 Å². The lowest BCUT2D eigenvalue weighted by Crippen LogP contribution is -2.14. The molecule has 0 spiro atoms. The number of rotatable bonds is 4. The SMILES string of the molecule is CCc1c(C)sc(NC(=O)c2csnc2C)c1C(=O)O. The number of aromatic nitrogens is 1. The number of hydrogen-bond donors (Lipinski definition) is 2. The number of amides is 1. The van der Waals surface area contributed by atoms with Crippen LogP contribution in [0.15, 0.2) is 5.38 Å². The van der Waals surface area contributed by atoms with Gasteiger partial charge in [0.1, 0.15) is 5.00 Å². The molecule has 0 saturated heterocycles. The summed E-state index contributed by atoms with van der Waals surface area (Å²) in [6, 6.07) is 0. The molecule has 0 fully saturated rings. The highest BCUT2D eigenvalue weighted by Crippen LogP contribution is 2.33. The van der Waals surface area contributed by atoms with Crippen LogP contribution in [0.1, 0.15) is 43.8 Å². The topological polar surface area (TPSA) is 79.3 Å². The van der Waals surface area contributed by atoms with Crippen LogP contribution in [-0.2, 0) is 6.42 Å². The van der Waals surface area contributed by atoms with Crippen molar-refractivity contribution in [2.75, 3.05) is 5.32 Å². The van der Waals surface area contributed by atoms with E-state index in [0.29, 0.717) is 22.7 Å². The summed E-state index contributed by atoms with van der Waals surface area (Å²) in [7, 11) is 0. The van der Waals surface area contributed by atoms with E-state index in [9.17, 15) is 14.7 Å². The second kappa shape index (κ2) is 5.72. The summed E-state index contributed by atoms with van der Waals surface area (Å²) in [4.78, 5) is 24.5. The Kier molecular flexibility index (Phi) is 4.20. The minimum atomic E-state index is -1.01. The van der Waals surface area contributed by atoms with Crippen LogP contribution in [0.25, 0.3) is 0 Å². The van der Waals surface area contributed by atoms with Gasteiger partial charge in [0.05, 0.1) is 16.8 Å². The van der Waals surface area contributed by atoms with Crippen molar-refractivity contribution in [2.45, 2.75) is 27.2 Å². The lowest BCUT2D eigenvalue weighted by atomic mass is 10.1. The van der Waals surface area contributed by atoms with Gasteiger partial charge in [-0.3, -0.25) is 4.79 Å². The molecule has 5 nitrogen and oxygen atoms in total. The Morgan fingerprint density at radius 3 is 2.60 bits per heavy atom. The van der Waals surface area contributed by atoms with Crippen molar-refractivity contribution in [1.29, 1.82) is 0 Å². The fourth-order valence-electron chi connectivity index (χ4n) is 2.00. The van der Waals surface area contributed by atoms with E-state index >= 15 is 0 Å². The predicted octanol–water partition coefficient (Wildman–Crippen LogP) is 3.33. The van der Waals surface area contributed by atoms with Gasteiger partial charge >= 0.3 is 5.97 Å². The van der Waals surface area contributed by atoms with Gasteiger partial charge in [-0.2, -0.15) is 4.37 Å². The number of anilines is 1. The van der Waals surface area contributed by atoms with E-state index in [0.717, 1.165) is 10.4 Å². The molecular formula is C13H14N2O3S2. The summed E-state index contributed by atoms with van der Waals surface area (Å²) in [6.07, 6.45) is 0.624. The van der Waals surface area contributed by atoms with Crippen LogP contribution in [0.3, 0.4) is 0 Å². The molecule has 0 aromatic carbocycles. The molecule has 2 aromatic rings. The number of nitrogens with one attached hydrogen (secondary N) is 1. The monoisotopic (exact) mass is 310 g/mol. The van der Waals surface area contributed by atoms with E-state index in [1.165, 1.54) is 22.9 Å². The maximum absolute atomic E-state index is 12.1. The smallest absolute Gasteiger partial charge is 0.339 e. The first kappa shape index (κ1) is 14.7. The van der Waals surface area contributed by atoms with E-state index in [4.69, 9.17) is 0 Å². The molecule has 0 aliphatic heterocycles. The maximum Gasteiger partial charge on any atom is 0.339 e. The molecule has 2 heterocycles. The third kappa shape index (κ3) is 2.59. The summed E-state index contributed by atoms with van der Waals surface area (Å²) >= 11 is 2.50. The van der Waals surface area contributed by atoms with Gasteiger partial charge in [-0.15, -0.1) is 11.3 Å². The maximum atomic E-state index is 12.1. The number of hydrogen-bond acceptors (Lipinski definition) is 5. The van der Waals surface area contributed by atoms with Gasteiger partial charge in [-0.05, 0) is 37.4 Å². The minimum absolute atomic E-state index is 0.198. The van der Waals surface area contributed by atoms with E-state index in [1.807, 2.05) is 13.8 Å². The van der Waals surface area contributed by atoms with Crippen molar-refractivity contribution in [2.24, 2.45) is 0 Å². The van der Waals surface area contributed by atoms with Crippen molar-refractivity contribution in [1.82, 2.24) is 4.37 Å². The Balaban J connectivity index is 2.37. The van der Waals surface area contributed by atoms with Crippen LogP contribution in [0.2, 0.25) is 0 Å². The molecule has 0 atom stereocenters. The first-order valence-corrected chi connectivity index (χ1v) is 7.68. The second-order valence-electron chi connectivity index (χ2n) is 4.27. The highest BCUT2D eigenvalue weighted by atomic mass is 32.1. The molecule has 0 radical (unpaired) electrons. The van der Waals surface area contributed by atoms with Crippen LogP contribution < -0.4 is 5.32 Å². The van der Waals surface area contributed by atoms with Crippen LogP contribution in [0.5, 0.6) is 0 Å². The zero-order valence-electron chi connectivity index (χ0n) is 11.3. The van der Waals surface area contributed by atoms with Crippen molar-refractivity contribution >= 4 is 39.7 Å². The van der Waals surface area contributed by atoms with Gasteiger partial charge in [0.25, 0.3) is 5.91 Å². The molecule has 1 amide bonds. The summed E-state index contributed by atoms with van der Waals surface area (Å²) < 4.78 is 4.04. The number of nitrogens with zero attached hydrogens (tertiary/aromatic N) is 1. The largest absolute Gasteiger partial charge is 0.478 e. The quantitative estimate of drug-likeness (QED) is 0.907. The van der Waals surface area contributed by atoms with Crippen molar-refractivity contribution in [3.8, 4) is 0 Å². The summed E-state index contributed by atoms with van der Waals surface area (Å²) in [6.45, 7) is 5.52. The van der Waals surface area contributed by atoms with Gasteiger partial charge in [-0.1, -0.05) is 6.92 Å². The number of carbonyl (C=O) groups is 2. The number of carboxylic acid groups (broad SMARTS) is 1. The molecule has 0 aliphatic rings. The van der Waals surface area contributed by atoms with Gasteiger partial charge in [0.15, 0.2) is 0 Å². The predicted molar refractivity (Wildman–Crippen MR) is 80.2 cm³/mol. The summed E-state index contributed by atoms with van der Waals surface area (Å²) in [5.74, 6) is -1.33. The number of thiophene rings is 1. The summed E-state index contributed by atoms with van der Waals surface area (Å²) in [5.41, 5.74) is 2.10. The second-order valence-corrected chi connectivity index (χ2v) is 6.12. The molecule has 7 heteroatoms. The highest BCUT2D eigenvalue weighted by molar-refractivity contribution is 7.16. The molecule has 106 valence electrons. The van der Waals surface area contributed by atoms with Gasteiger partial charge in [0, 0.05) is 10.3 Å². The van der Waals surface area contributed by atoms with Gasteiger partial charge < -0.3 is 10.4 Å². The van der Waals surface area contributed by atoms with E-state index in [1.54, 1.807) is 12.3 Å². The number of aromatic carboxylic acids is 1. The van der Waals surface area contributed by atoms with Crippen LogP contribution in [-0.4, -0.2) is 21.4 Å². The number of carbonyl (C=O) groups excluding carboxylic acids is 1. The molecule has 0 saturated carbocycles. The van der Waals surface area contributed by atoms with Crippen LogP contribution in [0, 0.1) is 13.8 Å². The third-order valence-electron chi connectivity index (χ3n) is 3.00. The van der Waals surface area contributed by atoms with Gasteiger partial charge in [0.2, 0.25) is 0 Å². The van der Waals surface area contributed by atoms with Crippen molar-refractivity contribution in [3.63, 3.8) is 0 Å². The number of carboxylic acids is 1. The molecular weight excluding hydrogens is 296 g/mol. The minimum Gasteiger partial charge on any atom is -0.478 e. The van der Waals surface area contributed by atoms with E-state index in [-0.39, 0.29) is 11.5 Å². The average molecular weight is 310 g/mol. The van der Waals surface area contributed by atoms with Crippen LogP contribution in [0.4, 0.5) is 5.00 Å². The standard InChI is InChI=1S/C13H14N2O3S2/c1-4-8-7(3)20-12(10(8)13(17)18)14-11(16)9-5-19-15-6(9)2/h5H,4H2,1-3H3,(H,14,16)(H,17,18). The fourth-order valence-corrected chi connectivity index (χ4v) is 3.82. The Morgan fingerprint density at radius 1 is 1.40 bits per heavy atom. The molecule has 2 aromatic heterocycles. The molecule has 0 aliphatic carbocycles. The van der Waals surface area contributed by atoms with Gasteiger partial charge in [-0.25, -0.2) is 4.79 Å². The Labute approximate surface area is 124 Å².